The number of rotatable bonds is 8. The Morgan fingerprint density at radius 3 is 2.31 bits per heavy atom. The van der Waals surface area contributed by atoms with Crippen molar-refractivity contribution in [2.24, 2.45) is 0 Å². The fourth-order valence-corrected chi connectivity index (χ4v) is 1.28. The highest BCUT2D eigenvalue weighted by Gasteiger charge is 2.14. The maximum absolute atomic E-state index is 9.49. The first-order valence-electron chi connectivity index (χ1n) is 5.19. The standard InChI is InChI=1S/C11H22O2/c1-3-5-7-9-11(13)10(12)8-6-4-2/h4,10-13H,2-3,5-9H2,1H3. The minimum atomic E-state index is -0.574. The third-order valence-corrected chi connectivity index (χ3v) is 2.21. The summed E-state index contributed by atoms with van der Waals surface area (Å²) in [5, 5.41) is 18.9. The molecule has 0 amide bonds. The smallest absolute Gasteiger partial charge is 0.0802 e. The maximum Gasteiger partial charge on any atom is 0.0802 e. The van der Waals surface area contributed by atoms with Crippen LogP contribution < -0.4 is 0 Å². The first-order chi connectivity index (χ1) is 6.22. The maximum atomic E-state index is 9.49. The van der Waals surface area contributed by atoms with Crippen LogP contribution in [0.1, 0.15) is 45.4 Å². The molecular formula is C11H22O2. The van der Waals surface area contributed by atoms with Gasteiger partial charge < -0.3 is 10.2 Å². The molecule has 2 atom stereocenters. The molecule has 0 heterocycles. The van der Waals surface area contributed by atoms with Crippen molar-refractivity contribution >= 4 is 0 Å². The lowest BCUT2D eigenvalue weighted by molar-refractivity contribution is 0.00919. The molecule has 0 aliphatic heterocycles. The molecule has 0 fully saturated rings. The zero-order valence-electron chi connectivity index (χ0n) is 8.58. The Morgan fingerprint density at radius 1 is 1.15 bits per heavy atom. The third kappa shape index (κ3) is 6.79. The van der Waals surface area contributed by atoms with Gasteiger partial charge in [-0.3, -0.25) is 0 Å². The largest absolute Gasteiger partial charge is 0.390 e. The number of hydrogen-bond donors (Lipinski definition) is 2. The van der Waals surface area contributed by atoms with Gasteiger partial charge in [0, 0.05) is 0 Å². The minimum absolute atomic E-state index is 0.550. The van der Waals surface area contributed by atoms with Crippen LogP contribution >= 0.6 is 0 Å². The van der Waals surface area contributed by atoms with Crippen molar-refractivity contribution in [1.82, 2.24) is 0 Å². The van der Waals surface area contributed by atoms with Crippen molar-refractivity contribution in [2.45, 2.75) is 57.7 Å². The highest BCUT2D eigenvalue weighted by atomic mass is 16.3. The SMILES string of the molecule is C=CCCC(O)C(O)CCCCC. The topological polar surface area (TPSA) is 40.5 Å². The van der Waals surface area contributed by atoms with Gasteiger partial charge in [0.2, 0.25) is 0 Å². The second kappa shape index (κ2) is 8.27. The predicted octanol–water partition coefficient (Wildman–Crippen LogP) is 2.25. The van der Waals surface area contributed by atoms with E-state index in [9.17, 15) is 10.2 Å². The lowest BCUT2D eigenvalue weighted by Gasteiger charge is -2.16. The monoisotopic (exact) mass is 186 g/mol. The van der Waals surface area contributed by atoms with Crippen LogP contribution in [0.2, 0.25) is 0 Å². The van der Waals surface area contributed by atoms with E-state index in [0.29, 0.717) is 12.8 Å². The van der Waals surface area contributed by atoms with Gasteiger partial charge in [-0.25, -0.2) is 0 Å². The summed E-state index contributed by atoms with van der Waals surface area (Å²) in [5.74, 6) is 0. The van der Waals surface area contributed by atoms with Crippen molar-refractivity contribution in [2.75, 3.05) is 0 Å². The van der Waals surface area contributed by atoms with Crippen LogP contribution in [0.25, 0.3) is 0 Å². The van der Waals surface area contributed by atoms with Crippen LogP contribution in [0, 0.1) is 0 Å². The Bertz CT molecular complexity index is 123. The molecule has 0 aliphatic carbocycles. The van der Waals surface area contributed by atoms with E-state index in [1.165, 1.54) is 0 Å². The summed E-state index contributed by atoms with van der Waals surface area (Å²) in [6.07, 6.45) is 6.03. The molecule has 0 saturated heterocycles. The van der Waals surface area contributed by atoms with Crippen molar-refractivity contribution in [3.8, 4) is 0 Å². The summed E-state index contributed by atoms with van der Waals surface area (Å²) in [4.78, 5) is 0. The fourth-order valence-electron chi connectivity index (χ4n) is 1.28. The van der Waals surface area contributed by atoms with E-state index in [1.54, 1.807) is 6.08 Å². The molecule has 78 valence electrons. The second-order valence-electron chi connectivity index (χ2n) is 3.50. The molecule has 2 N–H and O–H groups in total. The van der Waals surface area contributed by atoms with E-state index in [1.807, 2.05) is 0 Å². The number of unbranched alkanes of at least 4 members (excludes halogenated alkanes) is 2. The molecule has 2 unspecified atom stereocenters. The first kappa shape index (κ1) is 12.7. The first-order valence-corrected chi connectivity index (χ1v) is 5.19. The molecule has 0 aromatic rings. The van der Waals surface area contributed by atoms with Crippen LogP contribution in [0.3, 0.4) is 0 Å². The molecule has 0 saturated carbocycles. The van der Waals surface area contributed by atoms with E-state index < -0.39 is 12.2 Å². The minimum Gasteiger partial charge on any atom is -0.390 e. The van der Waals surface area contributed by atoms with Crippen LogP contribution in [-0.2, 0) is 0 Å². The van der Waals surface area contributed by atoms with Crippen LogP contribution in [0.4, 0.5) is 0 Å². The van der Waals surface area contributed by atoms with E-state index in [0.717, 1.165) is 25.7 Å². The van der Waals surface area contributed by atoms with Gasteiger partial charge in [-0.15, -0.1) is 6.58 Å². The van der Waals surface area contributed by atoms with Crippen molar-refractivity contribution < 1.29 is 10.2 Å². The lowest BCUT2D eigenvalue weighted by Crippen LogP contribution is -2.25. The Labute approximate surface area is 81.3 Å². The molecule has 0 bridgehead atoms. The van der Waals surface area contributed by atoms with E-state index >= 15 is 0 Å². The molecular weight excluding hydrogens is 164 g/mol. The molecule has 0 aliphatic rings. The number of hydrogen-bond acceptors (Lipinski definition) is 2. The summed E-state index contributed by atoms with van der Waals surface area (Å²) in [5.41, 5.74) is 0. The van der Waals surface area contributed by atoms with Crippen LogP contribution in [0.15, 0.2) is 12.7 Å². The lowest BCUT2D eigenvalue weighted by atomic mass is 10.0. The summed E-state index contributed by atoms with van der Waals surface area (Å²) in [6.45, 7) is 5.70. The van der Waals surface area contributed by atoms with Gasteiger partial charge in [0.05, 0.1) is 12.2 Å². The molecule has 2 heteroatoms. The van der Waals surface area contributed by atoms with Crippen LogP contribution in [0.5, 0.6) is 0 Å². The number of aliphatic hydroxyl groups excluding tert-OH is 2. The second-order valence-corrected chi connectivity index (χ2v) is 3.50. The Kier molecular flexibility index (Phi) is 8.05. The quantitative estimate of drug-likeness (QED) is 0.451. The molecule has 0 radical (unpaired) electrons. The van der Waals surface area contributed by atoms with Gasteiger partial charge in [-0.1, -0.05) is 32.3 Å². The average Bonchev–Trinajstić information content (AvgIpc) is 2.14. The molecule has 2 nitrogen and oxygen atoms in total. The molecule has 13 heavy (non-hydrogen) atoms. The van der Waals surface area contributed by atoms with Crippen molar-refractivity contribution in [3.63, 3.8) is 0 Å². The van der Waals surface area contributed by atoms with E-state index in [2.05, 4.69) is 13.5 Å². The van der Waals surface area contributed by atoms with Gasteiger partial charge in [-0.2, -0.15) is 0 Å². The number of allylic oxidation sites excluding steroid dienone is 1. The summed E-state index contributed by atoms with van der Waals surface area (Å²) < 4.78 is 0. The summed E-state index contributed by atoms with van der Waals surface area (Å²) >= 11 is 0. The number of aliphatic hydroxyl groups is 2. The average molecular weight is 186 g/mol. The predicted molar refractivity (Wildman–Crippen MR) is 55.6 cm³/mol. The van der Waals surface area contributed by atoms with E-state index in [-0.39, 0.29) is 0 Å². The fraction of sp³-hybridized carbons (Fsp3) is 0.818. The molecule has 0 rings (SSSR count). The van der Waals surface area contributed by atoms with Gasteiger partial charge in [0.15, 0.2) is 0 Å². The zero-order chi connectivity index (χ0) is 10.1. The van der Waals surface area contributed by atoms with Gasteiger partial charge in [-0.05, 0) is 19.3 Å². The van der Waals surface area contributed by atoms with E-state index in [4.69, 9.17) is 0 Å². The molecule has 0 spiro atoms. The highest BCUT2D eigenvalue weighted by Crippen LogP contribution is 2.10. The highest BCUT2D eigenvalue weighted by molar-refractivity contribution is 4.73. The normalized spacial score (nSPS) is 15.3. The van der Waals surface area contributed by atoms with Crippen molar-refractivity contribution in [3.05, 3.63) is 12.7 Å². The Hall–Kier alpha value is -0.340. The molecule has 0 aromatic carbocycles. The summed E-state index contributed by atoms with van der Waals surface area (Å²) in [7, 11) is 0. The van der Waals surface area contributed by atoms with Gasteiger partial charge in [0.1, 0.15) is 0 Å². The summed E-state index contributed by atoms with van der Waals surface area (Å²) in [6, 6.07) is 0. The van der Waals surface area contributed by atoms with Gasteiger partial charge >= 0.3 is 0 Å². The Morgan fingerprint density at radius 2 is 1.77 bits per heavy atom. The Balaban J connectivity index is 3.43. The van der Waals surface area contributed by atoms with Crippen LogP contribution in [-0.4, -0.2) is 22.4 Å². The third-order valence-electron chi connectivity index (χ3n) is 2.21. The zero-order valence-corrected chi connectivity index (χ0v) is 8.58. The van der Waals surface area contributed by atoms with Crippen molar-refractivity contribution in [1.29, 1.82) is 0 Å². The van der Waals surface area contributed by atoms with Gasteiger partial charge in [0.25, 0.3) is 0 Å². The molecule has 0 aromatic heterocycles.